The van der Waals surface area contributed by atoms with E-state index in [0.717, 1.165) is 52.2 Å². The molecule has 2 rings (SSSR count). The van der Waals surface area contributed by atoms with E-state index in [1.807, 2.05) is 4.90 Å². The van der Waals surface area contributed by atoms with Gasteiger partial charge < -0.3 is 15.5 Å². The third-order valence-corrected chi connectivity index (χ3v) is 3.34. The molecule has 0 unspecified atom stereocenters. The lowest BCUT2D eigenvalue weighted by Crippen LogP contribution is -2.65. The summed E-state index contributed by atoms with van der Waals surface area (Å²) in [7, 11) is 0. The van der Waals surface area contributed by atoms with Crippen LogP contribution in [0.2, 0.25) is 0 Å². The molecule has 92 valence electrons. The minimum atomic E-state index is 0.105. The van der Waals surface area contributed by atoms with Gasteiger partial charge in [0.15, 0.2) is 0 Å². The van der Waals surface area contributed by atoms with Gasteiger partial charge in [-0.1, -0.05) is 6.92 Å². The number of nitrogens with one attached hydrogen (secondary N) is 2. The van der Waals surface area contributed by atoms with Crippen LogP contribution in [0, 0.1) is 0 Å². The van der Waals surface area contributed by atoms with Gasteiger partial charge in [-0.05, 0) is 6.42 Å². The van der Waals surface area contributed by atoms with Crippen LogP contribution in [0.4, 0.5) is 4.79 Å². The van der Waals surface area contributed by atoms with Crippen molar-refractivity contribution in [1.29, 1.82) is 0 Å². The molecule has 5 heteroatoms. The Morgan fingerprint density at radius 1 is 1.38 bits per heavy atom. The van der Waals surface area contributed by atoms with Crippen molar-refractivity contribution in [3.63, 3.8) is 0 Å². The highest BCUT2D eigenvalue weighted by Crippen LogP contribution is 2.15. The fourth-order valence-corrected chi connectivity index (χ4v) is 2.24. The van der Waals surface area contributed by atoms with Crippen LogP contribution in [0.25, 0.3) is 0 Å². The number of piperazine rings is 1. The van der Waals surface area contributed by atoms with Crippen molar-refractivity contribution in [1.82, 2.24) is 20.4 Å². The summed E-state index contributed by atoms with van der Waals surface area (Å²) in [6, 6.07) is 0.697. The molecule has 2 aliphatic heterocycles. The highest BCUT2D eigenvalue weighted by Gasteiger charge is 2.34. The van der Waals surface area contributed by atoms with E-state index in [1.54, 1.807) is 0 Å². The van der Waals surface area contributed by atoms with Gasteiger partial charge in [0.05, 0.1) is 0 Å². The molecule has 2 N–H and O–H groups in total. The molecule has 0 aromatic rings. The number of carbonyl (C=O) groups is 1. The summed E-state index contributed by atoms with van der Waals surface area (Å²) in [6.07, 6.45) is 1.00. The monoisotopic (exact) mass is 226 g/mol. The fraction of sp³-hybridized carbons (Fsp3) is 0.909. The van der Waals surface area contributed by atoms with E-state index in [9.17, 15) is 4.79 Å². The Labute approximate surface area is 97.2 Å². The SMILES string of the molecule is CCCNC(=O)N1CC(N2CCNCC2)C1. The van der Waals surface area contributed by atoms with Crippen molar-refractivity contribution in [2.75, 3.05) is 45.8 Å². The molecule has 0 aliphatic carbocycles. The van der Waals surface area contributed by atoms with Crippen LogP contribution in [0.3, 0.4) is 0 Å². The van der Waals surface area contributed by atoms with Crippen LogP contribution in [0.15, 0.2) is 0 Å². The number of rotatable bonds is 3. The Morgan fingerprint density at radius 2 is 2.06 bits per heavy atom. The van der Waals surface area contributed by atoms with Gasteiger partial charge in [-0.15, -0.1) is 0 Å². The molecule has 5 nitrogen and oxygen atoms in total. The van der Waals surface area contributed by atoms with Crippen LogP contribution in [-0.4, -0.2) is 67.7 Å². The van der Waals surface area contributed by atoms with E-state index in [1.165, 1.54) is 0 Å². The molecule has 0 spiro atoms. The number of nitrogens with zero attached hydrogens (tertiary/aromatic N) is 2. The Balaban J connectivity index is 1.66. The van der Waals surface area contributed by atoms with Gasteiger partial charge in [-0.3, -0.25) is 4.90 Å². The van der Waals surface area contributed by atoms with E-state index < -0.39 is 0 Å². The van der Waals surface area contributed by atoms with Gasteiger partial charge >= 0.3 is 6.03 Å². The summed E-state index contributed by atoms with van der Waals surface area (Å²) in [5.41, 5.74) is 0. The quantitative estimate of drug-likeness (QED) is 0.694. The van der Waals surface area contributed by atoms with E-state index in [0.29, 0.717) is 6.04 Å². The standard InChI is InChI=1S/C11H22N4O/c1-2-3-13-11(16)15-8-10(9-15)14-6-4-12-5-7-14/h10,12H,2-9H2,1H3,(H,13,16). The molecule has 2 heterocycles. The third-order valence-electron chi connectivity index (χ3n) is 3.34. The summed E-state index contributed by atoms with van der Waals surface area (Å²) < 4.78 is 0. The zero-order chi connectivity index (χ0) is 11.4. The van der Waals surface area contributed by atoms with Gasteiger partial charge in [-0.25, -0.2) is 4.79 Å². The molecule has 2 fully saturated rings. The topological polar surface area (TPSA) is 47.6 Å². The van der Waals surface area contributed by atoms with Gasteiger partial charge in [0.25, 0.3) is 0 Å². The average molecular weight is 226 g/mol. The first-order chi connectivity index (χ1) is 7.81. The van der Waals surface area contributed by atoms with Crippen molar-refractivity contribution in [2.45, 2.75) is 19.4 Å². The molecule has 0 aromatic heterocycles. The van der Waals surface area contributed by atoms with Crippen LogP contribution in [0.1, 0.15) is 13.3 Å². The Hall–Kier alpha value is -0.810. The molecule has 0 radical (unpaired) electrons. The minimum absolute atomic E-state index is 0.105. The van der Waals surface area contributed by atoms with E-state index in [2.05, 4.69) is 22.5 Å². The first-order valence-electron chi connectivity index (χ1n) is 6.29. The zero-order valence-electron chi connectivity index (χ0n) is 10.0. The second kappa shape index (κ2) is 5.50. The second-order valence-electron chi connectivity index (χ2n) is 4.58. The first-order valence-corrected chi connectivity index (χ1v) is 6.29. The zero-order valence-corrected chi connectivity index (χ0v) is 10.0. The maximum absolute atomic E-state index is 11.6. The highest BCUT2D eigenvalue weighted by molar-refractivity contribution is 5.75. The van der Waals surface area contributed by atoms with Crippen LogP contribution in [-0.2, 0) is 0 Å². The van der Waals surface area contributed by atoms with Gasteiger partial charge in [0, 0.05) is 51.9 Å². The van der Waals surface area contributed by atoms with Crippen LogP contribution in [0.5, 0.6) is 0 Å². The van der Waals surface area contributed by atoms with Gasteiger partial charge in [0.1, 0.15) is 0 Å². The lowest BCUT2D eigenvalue weighted by atomic mass is 10.1. The Kier molecular flexibility index (Phi) is 4.01. The number of likely N-dealkylation sites (tertiary alicyclic amines) is 1. The first kappa shape index (κ1) is 11.7. The predicted molar refractivity (Wildman–Crippen MR) is 63.5 cm³/mol. The Morgan fingerprint density at radius 3 is 2.69 bits per heavy atom. The van der Waals surface area contributed by atoms with Crippen molar-refractivity contribution in [3.05, 3.63) is 0 Å². The maximum Gasteiger partial charge on any atom is 0.317 e. The summed E-state index contributed by atoms with van der Waals surface area (Å²) in [4.78, 5) is 16.0. The molecule has 2 saturated heterocycles. The van der Waals surface area contributed by atoms with Gasteiger partial charge in [-0.2, -0.15) is 0 Å². The molecular weight excluding hydrogens is 204 g/mol. The normalized spacial score (nSPS) is 22.9. The lowest BCUT2D eigenvalue weighted by Gasteiger charge is -2.46. The van der Waals surface area contributed by atoms with E-state index in [-0.39, 0.29) is 6.03 Å². The summed E-state index contributed by atoms with van der Waals surface area (Å²) in [5.74, 6) is 0. The number of urea groups is 1. The smallest absolute Gasteiger partial charge is 0.317 e. The van der Waals surface area contributed by atoms with Gasteiger partial charge in [0.2, 0.25) is 0 Å². The number of amides is 2. The average Bonchev–Trinajstić information content (AvgIpc) is 2.26. The lowest BCUT2D eigenvalue weighted by molar-refractivity contribution is 0.0494. The molecule has 0 atom stereocenters. The largest absolute Gasteiger partial charge is 0.338 e. The third kappa shape index (κ3) is 2.65. The van der Waals surface area contributed by atoms with Crippen LogP contribution >= 0.6 is 0 Å². The summed E-state index contributed by atoms with van der Waals surface area (Å²) >= 11 is 0. The minimum Gasteiger partial charge on any atom is -0.338 e. The van der Waals surface area contributed by atoms with E-state index >= 15 is 0 Å². The molecular formula is C11H22N4O. The molecule has 0 saturated carbocycles. The van der Waals surface area contributed by atoms with E-state index in [4.69, 9.17) is 0 Å². The molecule has 16 heavy (non-hydrogen) atoms. The second-order valence-corrected chi connectivity index (χ2v) is 4.58. The summed E-state index contributed by atoms with van der Waals surface area (Å²) in [6.45, 7) is 9.06. The number of hydrogen-bond donors (Lipinski definition) is 2. The van der Waals surface area contributed by atoms with Crippen molar-refractivity contribution >= 4 is 6.03 Å². The summed E-state index contributed by atoms with van der Waals surface area (Å²) in [5, 5.41) is 6.26. The van der Waals surface area contributed by atoms with Crippen LogP contribution < -0.4 is 10.6 Å². The van der Waals surface area contributed by atoms with Crippen molar-refractivity contribution < 1.29 is 4.79 Å². The van der Waals surface area contributed by atoms with Crippen molar-refractivity contribution in [3.8, 4) is 0 Å². The predicted octanol–water partition coefficient (Wildman–Crippen LogP) is -0.305. The maximum atomic E-state index is 11.6. The molecule has 2 amide bonds. The number of hydrogen-bond acceptors (Lipinski definition) is 3. The number of carbonyl (C=O) groups excluding carboxylic acids is 1. The molecule has 2 aliphatic rings. The highest BCUT2D eigenvalue weighted by atomic mass is 16.2. The Bertz CT molecular complexity index is 234. The fourth-order valence-electron chi connectivity index (χ4n) is 2.24. The molecule has 0 aromatic carbocycles. The van der Waals surface area contributed by atoms with Crippen molar-refractivity contribution in [2.24, 2.45) is 0 Å². The molecule has 0 bridgehead atoms.